The number of hydrogen-bond donors (Lipinski definition) is 0. The van der Waals surface area contributed by atoms with Gasteiger partial charge in [-0.05, 0) is 149 Å². The summed E-state index contributed by atoms with van der Waals surface area (Å²) in [5.41, 5.74) is 24.8. The number of benzene rings is 7. The van der Waals surface area contributed by atoms with E-state index in [1.54, 1.807) is 0 Å². The lowest BCUT2D eigenvalue weighted by Gasteiger charge is -2.46. The first kappa shape index (κ1) is 43.1. The minimum atomic E-state index is -0.127. The summed E-state index contributed by atoms with van der Waals surface area (Å²) >= 11 is 0. The predicted molar refractivity (Wildman–Crippen MR) is 283 cm³/mol. The zero-order valence-corrected chi connectivity index (χ0v) is 41.5. The second-order valence-electron chi connectivity index (χ2n) is 23.9. The first-order valence-electron chi connectivity index (χ1n) is 24.0. The van der Waals surface area contributed by atoms with Crippen LogP contribution in [0.1, 0.15) is 130 Å². The Labute approximate surface area is 390 Å². The Kier molecular flexibility index (Phi) is 9.69. The Morgan fingerprint density at radius 1 is 0.415 bits per heavy atom. The monoisotopic (exact) mass is 851 g/mol. The van der Waals surface area contributed by atoms with Crippen molar-refractivity contribution < 1.29 is 0 Å². The summed E-state index contributed by atoms with van der Waals surface area (Å²) < 4.78 is 0. The Morgan fingerprint density at radius 3 is 1.51 bits per heavy atom. The van der Waals surface area contributed by atoms with Gasteiger partial charge in [0.25, 0.3) is 6.71 Å². The summed E-state index contributed by atoms with van der Waals surface area (Å²) in [5.74, 6) is 0. The van der Waals surface area contributed by atoms with Crippen LogP contribution in [0.25, 0.3) is 22.3 Å². The Balaban J connectivity index is 1.37. The van der Waals surface area contributed by atoms with E-state index in [4.69, 9.17) is 0 Å². The Hall–Kier alpha value is -5.80. The van der Waals surface area contributed by atoms with Crippen molar-refractivity contribution in [2.45, 2.75) is 130 Å². The maximum absolute atomic E-state index is 2.68. The van der Waals surface area contributed by atoms with Gasteiger partial charge in [-0.25, -0.2) is 0 Å². The molecule has 0 spiro atoms. The van der Waals surface area contributed by atoms with Crippen LogP contribution in [-0.4, -0.2) is 6.71 Å². The molecule has 0 N–H and O–H groups in total. The van der Waals surface area contributed by atoms with E-state index in [9.17, 15) is 0 Å². The Bertz CT molecular complexity index is 3020. The zero-order valence-electron chi connectivity index (χ0n) is 41.5. The fraction of sp³-hybridized carbons (Fsp3) is 0.323. The maximum atomic E-state index is 2.68. The summed E-state index contributed by atoms with van der Waals surface area (Å²) in [4.78, 5) is 5.33. The molecule has 10 rings (SSSR count). The van der Waals surface area contributed by atoms with Crippen LogP contribution in [0.15, 0.2) is 140 Å². The average Bonchev–Trinajstić information content (AvgIpc) is 3.43. The lowest BCUT2D eigenvalue weighted by Crippen LogP contribution is -2.62. The first-order valence-corrected chi connectivity index (χ1v) is 24.0. The molecule has 0 aromatic heterocycles. The molecule has 0 atom stereocenters. The zero-order chi connectivity index (χ0) is 46.2. The molecule has 0 amide bonds. The van der Waals surface area contributed by atoms with Crippen LogP contribution in [0.3, 0.4) is 0 Å². The molecule has 65 heavy (non-hydrogen) atoms. The number of aryl methyl sites for hydroxylation is 1. The van der Waals surface area contributed by atoms with Gasteiger partial charge in [-0.15, -0.1) is 0 Å². The van der Waals surface area contributed by atoms with Crippen LogP contribution in [0.4, 0.5) is 34.1 Å². The van der Waals surface area contributed by atoms with E-state index in [2.05, 4.69) is 246 Å². The van der Waals surface area contributed by atoms with Gasteiger partial charge in [-0.3, -0.25) is 0 Å². The van der Waals surface area contributed by atoms with Gasteiger partial charge in [0.2, 0.25) is 0 Å². The van der Waals surface area contributed by atoms with Gasteiger partial charge in [-0.2, -0.15) is 0 Å². The van der Waals surface area contributed by atoms with Gasteiger partial charge in [-0.1, -0.05) is 187 Å². The van der Waals surface area contributed by atoms with Crippen molar-refractivity contribution in [3.05, 3.63) is 173 Å². The van der Waals surface area contributed by atoms with Crippen molar-refractivity contribution in [1.29, 1.82) is 0 Å². The van der Waals surface area contributed by atoms with E-state index >= 15 is 0 Å². The van der Waals surface area contributed by atoms with Crippen molar-refractivity contribution in [2.75, 3.05) is 9.80 Å². The van der Waals surface area contributed by atoms with Crippen LogP contribution in [-0.2, 0) is 27.1 Å². The SMILES string of the molecule is Cc1ccc(-c2ccccc2)cc1N1c2cc3c(cc2B2c4cc(C(C)(C)C)ccc4N(c4ccc(C(C)(C)C)cc4-c4ccccc4)c4cc(C(C)(C)C)cc1c42)C(C)(C)CC3(C)C. The smallest absolute Gasteiger partial charge is 0.252 e. The van der Waals surface area contributed by atoms with Crippen molar-refractivity contribution in [3.8, 4) is 22.3 Å². The molecule has 0 bridgehead atoms. The third kappa shape index (κ3) is 7.08. The summed E-state index contributed by atoms with van der Waals surface area (Å²) in [6.45, 7) is 33.4. The van der Waals surface area contributed by atoms with Crippen LogP contribution in [0.2, 0.25) is 0 Å². The summed E-state index contributed by atoms with van der Waals surface area (Å²) in [7, 11) is 0. The van der Waals surface area contributed by atoms with Gasteiger partial charge in [0.15, 0.2) is 0 Å². The second-order valence-corrected chi connectivity index (χ2v) is 23.9. The normalized spacial score (nSPS) is 15.9. The predicted octanol–water partition coefficient (Wildman–Crippen LogP) is 15.3. The molecule has 0 radical (unpaired) electrons. The second kappa shape index (κ2) is 14.6. The molecular formula is C62H67BN2. The van der Waals surface area contributed by atoms with E-state index in [1.807, 2.05) is 0 Å². The van der Waals surface area contributed by atoms with E-state index in [-0.39, 0.29) is 33.8 Å². The standard InChI is InChI=1S/C62H67BN2/c1-39-25-26-42(40-21-17-15-18-22-40)31-53(39)65-54-37-48-47(61(11,12)38-62(48,13)14)36-50(54)63-49-33-44(59(5,6)7)28-30-52(49)64(55-34-45(60(8,9)10)35-56(65)57(55)63)51-29-27-43(58(2,3)4)32-46(51)41-23-19-16-20-24-41/h15-37H,38H2,1-14H3. The van der Waals surface area contributed by atoms with Crippen LogP contribution in [0.5, 0.6) is 0 Å². The van der Waals surface area contributed by atoms with Crippen molar-refractivity contribution in [2.24, 2.45) is 0 Å². The van der Waals surface area contributed by atoms with Crippen LogP contribution in [0, 0.1) is 6.92 Å². The summed E-state index contributed by atoms with van der Waals surface area (Å²) in [6.07, 6.45) is 1.11. The minimum absolute atomic E-state index is 0.0150. The van der Waals surface area contributed by atoms with Gasteiger partial charge in [0.05, 0.1) is 5.69 Å². The van der Waals surface area contributed by atoms with Gasteiger partial charge in [0.1, 0.15) is 0 Å². The molecule has 3 heteroatoms. The third-order valence-electron chi connectivity index (χ3n) is 15.0. The largest absolute Gasteiger partial charge is 0.311 e. The number of hydrogen-bond acceptors (Lipinski definition) is 2. The molecule has 3 aliphatic rings. The molecular weight excluding hydrogens is 784 g/mol. The third-order valence-corrected chi connectivity index (χ3v) is 15.0. The molecule has 2 nitrogen and oxygen atoms in total. The van der Waals surface area contributed by atoms with Crippen LogP contribution < -0.4 is 26.2 Å². The van der Waals surface area contributed by atoms with E-state index < -0.39 is 0 Å². The summed E-state index contributed by atoms with van der Waals surface area (Å²) in [6, 6.07) is 54.2. The number of nitrogens with zero attached hydrogens (tertiary/aromatic N) is 2. The number of rotatable bonds is 4. The molecule has 2 heterocycles. The molecule has 0 fully saturated rings. The lowest BCUT2D eigenvalue weighted by molar-refractivity contribution is 0.403. The van der Waals surface area contributed by atoms with Gasteiger partial charge < -0.3 is 9.80 Å². The fourth-order valence-electron chi connectivity index (χ4n) is 11.6. The molecule has 7 aromatic rings. The highest BCUT2D eigenvalue weighted by Crippen LogP contribution is 2.54. The molecule has 2 aliphatic heterocycles. The molecule has 1 aliphatic carbocycles. The highest BCUT2D eigenvalue weighted by atomic mass is 15.2. The molecule has 328 valence electrons. The van der Waals surface area contributed by atoms with Crippen molar-refractivity contribution in [1.82, 2.24) is 0 Å². The summed E-state index contributed by atoms with van der Waals surface area (Å²) in [5, 5.41) is 0. The maximum Gasteiger partial charge on any atom is 0.252 e. The molecule has 0 saturated heterocycles. The van der Waals surface area contributed by atoms with E-state index in [0.717, 1.165) is 6.42 Å². The van der Waals surface area contributed by atoms with Crippen molar-refractivity contribution in [3.63, 3.8) is 0 Å². The fourth-order valence-corrected chi connectivity index (χ4v) is 11.6. The Morgan fingerprint density at radius 2 is 0.923 bits per heavy atom. The topological polar surface area (TPSA) is 6.48 Å². The lowest BCUT2D eigenvalue weighted by atomic mass is 9.33. The average molecular weight is 851 g/mol. The van der Waals surface area contributed by atoms with Gasteiger partial charge >= 0.3 is 0 Å². The molecule has 0 unspecified atom stereocenters. The highest BCUT2D eigenvalue weighted by molar-refractivity contribution is 7.00. The van der Waals surface area contributed by atoms with Gasteiger partial charge in [0, 0.05) is 34.0 Å². The molecule has 0 saturated carbocycles. The number of anilines is 6. The molecule has 7 aromatic carbocycles. The van der Waals surface area contributed by atoms with Crippen LogP contribution >= 0.6 is 0 Å². The quantitative estimate of drug-likeness (QED) is 0.163. The van der Waals surface area contributed by atoms with Crippen molar-refractivity contribution >= 4 is 57.2 Å². The number of fused-ring (bicyclic) bond motifs is 5. The minimum Gasteiger partial charge on any atom is -0.311 e. The van der Waals surface area contributed by atoms with E-state index in [0.29, 0.717) is 0 Å². The highest BCUT2D eigenvalue weighted by Gasteiger charge is 2.49. The van der Waals surface area contributed by atoms with E-state index in [1.165, 1.54) is 106 Å². The first-order chi connectivity index (χ1) is 30.5.